The number of hydrogen-bond acceptors (Lipinski definition) is 5. The van der Waals surface area contributed by atoms with Crippen molar-refractivity contribution in [3.05, 3.63) is 48.3 Å². The van der Waals surface area contributed by atoms with Gasteiger partial charge in [-0.3, -0.25) is 4.79 Å². The van der Waals surface area contributed by atoms with E-state index >= 15 is 0 Å². The van der Waals surface area contributed by atoms with Crippen molar-refractivity contribution in [2.24, 2.45) is 5.92 Å². The van der Waals surface area contributed by atoms with Gasteiger partial charge in [0.15, 0.2) is 0 Å². The summed E-state index contributed by atoms with van der Waals surface area (Å²) in [5, 5.41) is 7.42. The maximum atomic E-state index is 14.3. The van der Waals surface area contributed by atoms with Crippen LogP contribution < -0.4 is 19.3 Å². The molecule has 2 aromatic carbocycles. The largest absolute Gasteiger partial charge is 0.494 e. The first-order valence-electron chi connectivity index (χ1n) is 12.7. The highest BCUT2D eigenvalue weighted by Gasteiger charge is 2.23. The molecule has 7 heteroatoms. The molecule has 6 nitrogen and oxygen atoms in total. The van der Waals surface area contributed by atoms with Crippen LogP contribution in [0.1, 0.15) is 53.9 Å². The Morgan fingerprint density at radius 3 is 2.11 bits per heavy atom. The predicted molar refractivity (Wildman–Crippen MR) is 141 cm³/mol. The molecule has 0 aliphatic carbocycles. The van der Waals surface area contributed by atoms with E-state index in [2.05, 4.69) is 41.0 Å². The zero-order valence-corrected chi connectivity index (χ0v) is 21.8. The number of ether oxygens (including phenoxy) is 2. The molecule has 194 valence electrons. The number of rotatable bonds is 6. The summed E-state index contributed by atoms with van der Waals surface area (Å²) in [6.07, 6.45) is 3.19. The van der Waals surface area contributed by atoms with E-state index in [1.165, 1.54) is 18.2 Å². The third-order valence-corrected chi connectivity index (χ3v) is 5.94. The Bertz CT molecular complexity index is 894. The summed E-state index contributed by atoms with van der Waals surface area (Å²) in [7, 11) is 0. The lowest BCUT2D eigenvalue weighted by atomic mass is 10.1. The molecule has 1 N–H and O–H groups in total. The lowest BCUT2D eigenvalue weighted by Gasteiger charge is -2.34. The van der Waals surface area contributed by atoms with Crippen molar-refractivity contribution >= 4 is 17.3 Å². The molecule has 2 aliphatic heterocycles. The fourth-order valence-electron chi connectivity index (χ4n) is 4.30. The van der Waals surface area contributed by atoms with Crippen LogP contribution in [0.5, 0.6) is 11.5 Å². The van der Waals surface area contributed by atoms with Gasteiger partial charge in [-0.05, 0) is 55.7 Å². The summed E-state index contributed by atoms with van der Waals surface area (Å²) >= 11 is 0. The van der Waals surface area contributed by atoms with E-state index in [0.717, 1.165) is 63.4 Å². The molecule has 2 saturated heterocycles. The van der Waals surface area contributed by atoms with Gasteiger partial charge in [0.05, 0.1) is 12.3 Å². The van der Waals surface area contributed by atoms with Crippen LogP contribution in [0, 0.1) is 11.7 Å². The molecule has 0 amide bonds. The average molecular weight is 489 g/mol. The summed E-state index contributed by atoms with van der Waals surface area (Å²) in [6.45, 7) is 13.7. The van der Waals surface area contributed by atoms with Crippen molar-refractivity contribution in [3.8, 4) is 11.5 Å². The minimum atomic E-state index is -0.833. The molecule has 0 saturated carbocycles. The maximum absolute atomic E-state index is 14.3. The molecule has 1 atom stereocenters. The molecular formula is C28H41FN2O4. The van der Waals surface area contributed by atoms with E-state index in [4.69, 9.17) is 19.4 Å². The van der Waals surface area contributed by atoms with Gasteiger partial charge in [0.1, 0.15) is 23.4 Å². The Kier molecular flexibility index (Phi) is 11.7. The zero-order chi connectivity index (χ0) is 25.8. The molecule has 0 bridgehead atoms. The van der Waals surface area contributed by atoms with Crippen LogP contribution in [-0.2, 0) is 4.79 Å². The second-order valence-corrected chi connectivity index (χ2v) is 8.70. The van der Waals surface area contributed by atoms with Crippen molar-refractivity contribution in [2.45, 2.75) is 60.0 Å². The van der Waals surface area contributed by atoms with Crippen LogP contribution >= 0.6 is 0 Å². The Morgan fingerprint density at radius 2 is 1.57 bits per heavy atom. The highest BCUT2D eigenvalue weighted by atomic mass is 19.1. The van der Waals surface area contributed by atoms with Crippen LogP contribution in [0.3, 0.4) is 0 Å². The van der Waals surface area contributed by atoms with Crippen molar-refractivity contribution < 1.29 is 23.8 Å². The van der Waals surface area contributed by atoms with E-state index in [0.29, 0.717) is 12.3 Å². The molecule has 0 aromatic heterocycles. The lowest BCUT2D eigenvalue weighted by molar-refractivity contribution is -0.134. The molecule has 0 radical (unpaired) electrons. The van der Waals surface area contributed by atoms with Gasteiger partial charge in [-0.1, -0.05) is 20.8 Å². The Labute approximate surface area is 209 Å². The number of carboxylic acids is 1. The topological polar surface area (TPSA) is 62.2 Å². The summed E-state index contributed by atoms with van der Waals surface area (Å²) in [5.74, 6) is 1.38. The zero-order valence-electron chi connectivity index (χ0n) is 21.8. The Hall–Kier alpha value is -2.96. The second-order valence-electron chi connectivity index (χ2n) is 8.70. The molecular weight excluding hydrogens is 447 g/mol. The number of piperidine rings is 1. The molecule has 2 fully saturated rings. The van der Waals surface area contributed by atoms with Crippen molar-refractivity contribution in [1.29, 1.82) is 0 Å². The monoisotopic (exact) mass is 488 g/mol. The van der Waals surface area contributed by atoms with E-state index in [1.54, 1.807) is 12.1 Å². The van der Waals surface area contributed by atoms with Crippen molar-refractivity contribution in [3.63, 3.8) is 0 Å². The number of hydrogen-bond donors (Lipinski definition) is 1. The lowest BCUT2D eigenvalue weighted by Crippen LogP contribution is -2.38. The van der Waals surface area contributed by atoms with Crippen LogP contribution in [-0.4, -0.2) is 50.0 Å². The fourth-order valence-corrected chi connectivity index (χ4v) is 4.30. The number of anilines is 2. The van der Waals surface area contributed by atoms with Gasteiger partial charge >= 0.3 is 0 Å². The first-order chi connectivity index (χ1) is 16.9. The molecule has 4 rings (SSSR count). The van der Waals surface area contributed by atoms with Gasteiger partial charge in [-0.2, -0.15) is 0 Å². The number of carbonyl (C=O) groups is 1. The first-order valence-corrected chi connectivity index (χ1v) is 12.7. The average Bonchev–Trinajstić information content (AvgIpc) is 3.29. The minimum absolute atomic E-state index is 0.169. The quantitative estimate of drug-likeness (QED) is 0.520. The smallest absolute Gasteiger partial charge is 0.300 e. The van der Waals surface area contributed by atoms with Gasteiger partial charge in [0.2, 0.25) is 0 Å². The standard InChI is InChI=1S/C24H31FN2O2.C2H4O2.C2H6/c1-3-28-22-8-9-23(25)24(16-22)26-14-11-21(12-15-26)29-20-6-4-19(5-7-20)27-13-10-18(2)17-27;1-2(3)4;1-2/h4-9,16,18,21H,3,10-15,17H2,1-2H3;1H3,(H,3,4);1-2H3. The number of nitrogens with zero attached hydrogens (tertiary/aromatic N) is 2. The maximum Gasteiger partial charge on any atom is 0.300 e. The first kappa shape index (κ1) is 28.3. The van der Waals surface area contributed by atoms with E-state index in [9.17, 15) is 4.39 Å². The van der Waals surface area contributed by atoms with Crippen LogP contribution in [0.25, 0.3) is 0 Å². The molecule has 35 heavy (non-hydrogen) atoms. The third kappa shape index (κ3) is 8.96. The molecule has 2 aliphatic rings. The summed E-state index contributed by atoms with van der Waals surface area (Å²) < 4.78 is 26.0. The third-order valence-electron chi connectivity index (χ3n) is 5.94. The van der Waals surface area contributed by atoms with Crippen LogP contribution in [0.4, 0.5) is 15.8 Å². The normalized spacial score (nSPS) is 17.6. The van der Waals surface area contributed by atoms with Gasteiger partial charge < -0.3 is 24.4 Å². The number of halogens is 1. The number of aliphatic carboxylic acids is 1. The SMILES string of the molecule is CC.CC(=O)O.CCOc1ccc(F)c(N2CCC(Oc3ccc(N4CCC(C)C4)cc3)CC2)c1. The molecule has 1 unspecified atom stereocenters. The number of benzene rings is 2. The molecule has 0 spiro atoms. The van der Waals surface area contributed by atoms with E-state index in [1.807, 2.05) is 20.8 Å². The van der Waals surface area contributed by atoms with E-state index in [-0.39, 0.29) is 11.9 Å². The molecule has 2 aromatic rings. The Morgan fingerprint density at radius 1 is 1.00 bits per heavy atom. The summed E-state index contributed by atoms with van der Waals surface area (Å²) in [5.41, 5.74) is 1.90. The van der Waals surface area contributed by atoms with Crippen molar-refractivity contribution in [1.82, 2.24) is 0 Å². The predicted octanol–water partition coefficient (Wildman–Crippen LogP) is 6.24. The number of carboxylic acid groups (broad SMARTS) is 1. The van der Waals surface area contributed by atoms with Crippen molar-refractivity contribution in [2.75, 3.05) is 42.6 Å². The van der Waals surface area contributed by atoms with Gasteiger partial charge in [-0.15, -0.1) is 0 Å². The van der Waals surface area contributed by atoms with Gasteiger partial charge in [-0.25, -0.2) is 4.39 Å². The van der Waals surface area contributed by atoms with Gasteiger partial charge in [0.25, 0.3) is 5.97 Å². The summed E-state index contributed by atoms with van der Waals surface area (Å²) in [4.78, 5) is 13.5. The van der Waals surface area contributed by atoms with Crippen LogP contribution in [0.15, 0.2) is 42.5 Å². The van der Waals surface area contributed by atoms with Gasteiger partial charge in [0, 0.05) is 57.7 Å². The summed E-state index contributed by atoms with van der Waals surface area (Å²) in [6, 6.07) is 13.5. The fraction of sp³-hybridized carbons (Fsp3) is 0.536. The molecule has 2 heterocycles. The van der Waals surface area contributed by atoms with E-state index < -0.39 is 5.97 Å². The van der Waals surface area contributed by atoms with Crippen LogP contribution in [0.2, 0.25) is 0 Å². The Balaban J connectivity index is 0.000000655. The minimum Gasteiger partial charge on any atom is -0.494 e. The second kappa shape index (κ2) is 14.4. The highest BCUT2D eigenvalue weighted by Crippen LogP contribution is 2.30. The highest BCUT2D eigenvalue weighted by molar-refractivity contribution is 5.63.